The molecule has 0 heterocycles. The fourth-order valence-electron chi connectivity index (χ4n) is 1.49. The number of hydrogen-bond donors (Lipinski definition) is 1. The zero-order valence-corrected chi connectivity index (χ0v) is 11.5. The van der Waals surface area contributed by atoms with E-state index >= 15 is 0 Å². The third kappa shape index (κ3) is 3.83. The number of halogens is 1. The number of carbonyl (C=O) groups is 1. The molecule has 17 heavy (non-hydrogen) atoms. The van der Waals surface area contributed by atoms with Gasteiger partial charge in [0.2, 0.25) is 0 Å². The minimum atomic E-state index is -1.14. The van der Waals surface area contributed by atoms with Crippen LogP contribution < -0.4 is 0 Å². The van der Waals surface area contributed by atoms with Crippen LogP contribution in [-0.2, 0) is 10.4 Å². The summed E-state index contributed by atoms with van der Waals surface area (Å²) in [5, 5.41) is 11.0. The summed E-state index contributed by atoms with van der Waals surface area (Å²) < 4.78 is 0. The number of aliphatic hydroxyl groups is 1. The van der Waals surface area contributed by atoms with Gasteiger partial charge in [0.15, 0.2) is 0 Å². The van der Waals surface area contributed by atoms with E-state index in [2.05, 4.69) is 0 Å². The maximum absolute atomic E-state index is 11.9. The maximum Gasteiger partial charge on any atom is 0.141 e. The Balaban J connectivity index is 2.89. The van der Waals surface area contributed by atoms with Crippen molar-refractivity contribution in [2.24, 2.45) is 5.41 Å². The van der Waals surface area contributed by atoms with Gasteiger partial charge >= 0.3 is 0 Å². The van der Waals surface area contributed by atoms with E-state index in [9.17, 15) is 9.90 Å². The van der Waals surface area contributed by atoms with Gasteiger partial charge in [-0.2, -0.15) is 0 Å². The largest absolute Gasteiger partial charge is 0.385 e. The SMILES string of the molecule is CC(C)(C)C(=O)C[C@](C)(O)c1ccc(Cl)cc1. The Hall–Kier alpha value is -0.860. The molecule has 94 valence electrons. The van der Waals surface area contributed by atoms with E-state index < -0.39 is 11.0 Å². The van der Waals surface area contributed by atoms with E-state index in [0.717, 1.165) is 0 Å². The molecule has 0 aliphatic heterocycles. The van der Waals surface area contributed by atoms with E-state index in [1.165, 1.54) is 0 Å². The molecule has 0 fully saturated rings. The van der Waals surface area contributed by atoms with Crippen LogP contribution in [0, 0.1) is 5.41 Å². The average molecular weight is 255 g/mol. The second-order valence-corrected chi connectivity index (χ2v) is 6.07. The molecule has 1 aromatic carbocycles. The lowest BCUT2D eigenvalue weighted by atomic mass is 9.81. The molecule has 0 bridgehead atoms. The van der Waals surface area contributed by atoms with Crippen molar-refractivity contribution in [3.05, 3.63) is 34.9 Å². The smallest absolute Gasteiger partial charge is 0.141 e. The van der Waals surface area contributed by atoms with E-state index in [1.807, 2.05) is 20.8 Å². The van der Waals surface area contributed by atoms with E-state index in [4.69, 9.17) is 11.6 Å². The zero-order valence-electron chi connectivity index (χ0n) is 10.7. The lowest BCUT2D eigenvalue weighted by Crippen LogP contribution is -2.31. The van der Waals surface area contributed by atoms with Crippen molar-refractivity contribution in [2.45, 2.75) is 39.7 Å². The van der Waals surface area contributed by atoms with Gasteiger partial charge in [0, 0.05) is 16.9 Å². The average Bonchev–Trinajstić information content (AvgIpc) is 2.16. The van der Waals surface area contributed by atoms with Gasteiger partial charge in [-0.3, -0.25) is 4.79 Å². The minimum absolute atomic E-state index is 0.0393. The summed E-state index contributed by atoms with van der Waals surface area (Å²) in [5.41, 5.74) is -0.870. The number of rotatable bonds is 3. The summed E-state index contributed by atoms with van der Waals surface area (Å²) in [6.07, 6.45) is 0.109. The Kier molecular flexibility index (Phi) is 4.00. The molecule has 2 nitrogen and oxygen atoms in total. The molecule has 0 saturated carbocycles. The third-order valence-corrected chi connectivity index (χ3v) is 3.06. The van der Waals surface area contributed by atoms with Crippen LogP contribution >= 0.6 is 11.6 Å². The maximum atomic E-state index is 11.9. The molecule has 0 aliphatic rings. The molecule has 1 aromatic rings. The predicted octanol–water partition coefficient (Wildman–Crippen LogP) is 3.55. The van der Waals surface area contributed by atoms with Crippen molar-refractivity contribution >= 4 is 17.4 Å². The Morgan fingerprint density at radius 2 is 1.65 bits per heavy atom. The van der Waals surface area contributed by atoms with Crippen molar-refractivity contribution in [2.75, 3.05) is 0 Å². The van der Waals surface area contributed by atoms with Gasteiger partial charge in [0.1, 0.15) is 5.78 Å². The third-order valence-electron chi connectivity index (χ3n) is 2.81. The van der Waals surface area contributed by atoms with Crippen LogP contribution in [-0.4, -0.2) is 10.9 Å². The molecule has 0 saturated heterocycles. The number of ketones is 1. The molecule has 0 amide bonds. The van der Waals surface area contributed by atoms with Gasteiger partial charge in [-0.15, -0.1) is 0 Å². The standard InChI is InChI=1S/C14H19ClO2/c1-13(2,3)12(16)9-14(4,17)10-5-7-11(15)8-6-10/h5-8,17H,9H2,1-4H3/t14-/m0/s1. The highest BCUT2D eigenvalue weighted by Crippen LogP contribution is 2.30. The normalized spacial score (nSPS) is 15.4. The fraction of sp³-hybridized carbons (Fsp3) is 0.500. The molecule has 0 radical (unpaired) electrons. The molecule has 1 N–H and O–H groups in total. The van der Waals surface area contributed by atoms with E-state index in [0.29, 0.717) is 10.6 Å². The topological polar surface area (TPSA) is 37.3 Å². The molecular weight excluding hydrogens is 236 g/mol. The fourth-order valence-corrected chi connectivity index (χ4v) is 1.61. The van der Waals surface area contributed by atoms with Gasteiger partial charge in [-0.1, -0.05) is 44.5 Å². The molecule has 1 rings (SSSR count). The van der Waals surface area contributed by atoms with Crippen LogP contribution in [0.15, 0.2) is 24.3 Å². The lowest BCUT2D eigenvalue weighted by molar-refractivity contribution is -0.131. The van der Waals surface area contributed by atoms with Crippen LogP contribution in [0.3, 0.4) is 0 Å². The highest BCUT2D eigenvalue weighted by atomic mass is 35.5. The first kappa shape index (κ1) is 14.2. The van der Waals surface area contributed by atoms with Crippen molar-refractivity contribution in [1.29, 1.82) is 0 Å². The van der Waals surface area contributed by atoms with E-state index in [1.54, 1.807) is 31.2 Å². The Bertz CT molecular complexity index is 399. The van der Waals surface area contributed by atoms with E-state index in [-0.39, 0.29) is 12.2 Å². The van der Waals surface area contributed by atoms with Crippen LogP contribution in [0.25, 0.3) is 0 Å². The number of benzene rings is 1. The molecule has 1 atom stereocenters. The lowest BCUT2D eigenvalue weighted by Gasteiger charge is -2.27. The summed E-state index contributed by atoms with van der Waals surface area (Å²) in [7, 11) is 0. The number of Topliss-reactive ketones (excluding diaryl/α,β-unsaturated/α-hetero) is 1. The molecule has 0 spiro atoms. The summed E-state index contributed by atoms with van der Waals surface area (Å²) in [5.74, 6) is 0.0393. The van der Waals surface area contributed by atoms with Crippen molar-refractivity contribution in [3.8, 4) is 0 Å². The molecule has 0 aromatic heterocycles. The van der Waals surface area contributed by atoms with Gasteiger partial charge in [-0.25, -0.2) is 0 Å². The molecule has 3 heteroatoms. The first-order valence-corrected chi connectivity index (χ1v) is 6.02. The second kappa shape index (κ2) is 4.79. The molecule has 0 aliphatic carbocycles. The summed E-state index contributed by atoms with van der Waals surface area (Å²) in [4.78, 5) is 11.9. The highest BCUT2D eigenvalue weighted by Gasteiger charge is 2.31. The Morgan fingerprint density at radius 3 is 2.06 bits per heavy atom. The summed E-state index contributed by atoms with van der Waals surface area (Å²) in [6, 6.07) is 6.93. The highest BCUT2D eigenvalue weighted by molar-refractivity contribution is 6.30. The predicted molar refractivity (Wildman–Crippen MR) is 70.1 cm³/mol. The van der Waals surface area contributed by atoms with Crippen LogP contribution in [0.5, 0.6) is 0 Å². The van der Waals surface area contributed by atoms with Crippen molar-refractivity contribution < 1.29 is 9.90 Å². The van der Waals surface area contributed by atoms with Gasteiger partial charge in [0.25, 0.3) is 0 Å². The number of carbonyl (C=O) groups excluding carboxylic acids is 1. The van der Waals surface area contributed by atoms with Crippen LogP contribution in [0.4, 0.5) is 0 Å². The van der Waals surface area contributed by atoms with Crippen molar-refractivity contribution in [3.63, 3.8) is 0 Å². The molecule has 0 unspecified atom stereocenters. The first-order valence-electron chi connectivity index (χ1n) is 5.65. The quantitative estimate of drug-likeness (QED) is 0.896. The van der Waals surface area contributed by atoms with Gasteiger partial charge in [0.05, 0.1) is 5.60 Å². The summed E-state index contributed by atoms with van der Waals surface area (Å²) in [6.45, 7) is 7.22. The first-order chi connectivity index (χ1) is 7.63. The zero-order chi connectivity index (χ0) is 13.3. The van der Waals surface area contributed by atoms with Gasteiger partial charge in [-0.05, 0) is 24.6 Å². The number of hydrogen-bond acceptors (Lipinski definition) is 2. The minimum Gasteiger partial charge on any atom is -0.385 e. The van der Waals surface area contributed by atoms with Gasteiger partial charge < -0.3 is 5.11 Å². The van der Waals surface area contributed by atoms with Crippen molar-refractivity contribution in [1.82, 2.24) is 0 Å². The Labute approximate surface area is 108 Å². The van der Waals surface area contributed by atoms with Crippen LogP contribution in [0.2, 0.25) is 5.02 Å². The Morgan fingerprint density at radius 1 is 1.18 bits per heavy atom. The second-order valence-electron chi connectivity index (χ2n) is 5.63. The monoisotopic (exact) mass is 254 g/mol. The summed E-state index contributed by atoms with van der Waals surface area (Å²) >= 11 is 5.79. The molecular formula is C14H19ClO2. The van der Waals surface area contributed by atoms with Crippen LogP contribution in [0.1, 0.15) is 39.7 Å².